The molecule has 0 spiro atoms. The van der Waals surface area contributed by atoms with Crippen LogP contribution in [0.1, 0.15) is 110 Å². The van der Waals surface area contributed by atoms with E-state index in [4.69, 9.17) is 25.7 Å². The van der Waals surface area contributed by atoms with E-state index in [0.717, 1.165) is 45.9 Å². The highest BCUT2D eigenvalue weighted by Crippen LogP contribution is 2.79. The Morgan fingerprint density at radius 1 is 0.500 bits per heavy atom. The molecule has 8 aliphatic rings. The molecule has 8 fully saturated rings. The van der Waals surface area contributed by atoms with Crippen molar-refractivity contribution in [2.45, 2.75) is 87.9 Å². The van der Waals surface area contributed by atoms with Crippen molar-refractivity contribution in [3.63, 3.8) is 0 Å². The van der Waals surface area contributed by atoms with E-state index in [1.54, 1.807) is 0 Å². The Balaban J connectivity index is 1.25. The molecule has 0 nitrogen and oxygen atoms in total. The van der Waals surface area contributed by atoms with E-state index in [9.17, 15) is 0 Å². The first kappa shape index (κ1) is 24.5. The topological polar surface area (TPSA) is 0 Å². The first-order valence-electron chi connectivity index (χ1n) is 15.5. The first-order valence-corrected chi connectivity index (χ1v) is 15.5. The van der Waals surface area contributed by atoms with Crippen molar-refractivity contribution >= 4 is 0 Å². The van der Waals surface area contributed by atoms with E-state index in [2.05, 4.69) is 60.1 Å². The zero-order valence-electron chi connectivity index (χ0n) is 23.6. The minimum Gasteiger partial charge on any atom is -0.115 e. The Morgan fingerprint density at radius 3 is 1.20 bits per heavy atom. The largest absolute Gasteiger partial charge is 0.115 e. The third kappa shape index (κ3) is 3.15. The standard InChI is InChI=1S/C40H38/c1-5-27-9-11-35(33(7-3)15-27)37-17-29-13-30(18-37)22-39(21-29,25-37)40-23-31-14-32(24-40)20-38(19-31,26-40)36-12-10-28(6-2)16-34(36)8-4/h1-4,9-12,15-16,29-32H,13-14,17-26H2. The molecule has 0 aliphatic heterocycles. The minimum absolute atomic E-state index is 0.202. The highest BCUT2D eigenvalue weighted by atomic mass is 14.7. The molecule has 40 heavy (non-hydrogen) atoms. The summed E-state index contributed by atoms with van der Waals surface area (Å²) in [5.41, 5.74) is 7.96. The van der Waals surface area contributed by atoms with E-state index in [1.165, 1.54) is 88.2 Å². The summed E-state index contributed by atoms with van der Waals surface area (Å²) in [7, 11) is 0. The molecule has 10 rings (SSSR count). The lowest BCUT2D eigenvalue weighted by Crippen LogP contribution is -2.66. The average Bonchev–Trinajstić information content (AvgIpc) is 2.95. The molecule has 2 aromatic carbocycles. The summed E-state index contributed by atoms with van der Waals surface area (Å²) in [6.07, 6.45) is 40.2. The molecule has 0 aromatic heterocycles. The monoisotopic (exact) mass is 518 g/mol. The van der Waals surface area contributed by atoms with Gasteiger partial charge in [-0.2, -0.15) is 0 Å². The summed E-state index contributed by atoms with van der Waals surface area (Å²) in [6, 6.07) is 13.1. The van der Waals surface area contributed by atoms with Crippen LogP contribution in [0, 0.1) is 83.9 Å². The predicted molar refractivity (Wildman–Crippen MR) is 162 cm³/mol. The average molecular weight is 519 g/mol. The van der Waals surface area contributed by atoms with Crippen LogP contribution in [-0.4, -0.2) is 0 Å². The molecule has 0 heteroatoms. The maximum absolute atomic E-state index is 6.16. The molecule has 4 unspecified atom stereocenters. The fourth-order valence-electron chi connectivity index (χ4n) is 12.8. The van der Waals surface area contributed by atoms with Crippen LogP contribution >= 0.6 is 0 Å². The molecule has 8 bridgehead atoms. The van der Waals surface area contributed by atoms with Crippen LogP contribution < -0.4 is 0 Å². The van der Waals surface area contributed by atoms with Crippen LogP contribution in [0.4, 0.5) is 0 Å². The van der Waals surface area contributed by atoms with Crippen LogP contribution in [0.25, 0.3) is 0 Å². The molecule has 2 aromatic rings. The normalized spacial score (nSPS) is 41.6. The summed E-state index contributed by atoms with van der Waals surface area (Å²) in [4.78, 5) is 0. The second kappa shape index (κ2) is 8.12. The molecular formula is C40H38. The maximum Gasteiger partial charge on any atom is 0.0292 e. The van der Waals surface area contributed by atoms with Crippen molar-refractivity contribution in [3.8, 4) is 49.4 Å². The molecule has 0 radical (unpaired) electrons. The number of hydrogen-bond donors (Lipinski definition) is 0. The molecule has 4 atom stereocenters. The zero-order chi connectivity index (χ0) is 27.3. The van der Waals surface area contributed by atoms with Crippen molar-refractivity contribution in [2.24, 2.45) is 34.5 Å². The van der Waals surface area contributed by atoms with Crippen molar-refractivity contribution in [2.75, 3.05) is 0 Å². The molecule has 0 N–H and O–H groups in total. The fraction of sp³-hybridized carbons (Fsp3) is 0.500. The van der Waals surface area contributed by atoms with Crippen LogP contribution in [0.3, 0.4) is 0 Å². The van der Waals surface area contributed by atoms with Gasteiger partial charge in [-0.3, -0.25) is 0 Å². The van der Waals surface area contributed by atoms with E-state index in [-0.39, 0.29) is 10.8 Å². The first-order chi connectivity index (χ1) is 19.4. The SMILES string of the molecule is C#Cc1ccc(C23CC4CC(C2)CC(C25CC6CC(CC(c7ccc(C#C)cc7C#C)(C6)C2)C5)(C4)C3)c(C#C)c1. The second-order valence-electron chi connectivity index (χ2n) is 15.1. The quantitative estimate of drug-likeness (QED) is 0.361. The van der Waals surface area contributed by atoms with Gasteiger partial charge in [-0.05, 0) is 158 Å². The van der Waals surface area contributed by atoms with Gasteiger partial charge in [-0.1, -0.05) is 35.8 Å². The molecular weight excluding hydrogens is 480 g/mol. The van der Waals surface area contributed by atoms with Crippen LogP contribution in [0.2, 0.25) is 0 Å². The van der Waals surface area contributed by atoms with Crippen LogP contribution in [-0.2, 0) is 10.8 Å². The summed E-state index contributed by atoms with van der Waals surface area (Å²) < 4.78 is 0. The molecule has 0 amide bonds. The molecule has 0 saturated heterocycles. The van der Waals surface area contributed by atoms with Gasteiger partial charge < -0.3 is 0 Å². The Kier molecular flexibility index (Phi) is 4.97. The molecule has 0 heterocycles. The molecule has 198 valence electrons. The Morgan fingerprint density at radius 2 is 0.875 bits per heavy atom. The summed E-state index contributed by atoms with van der Waals surface area (Å²) >= 11 is 0. The number of benzene rings is 2. The lowest BCUT2D eigenvalue weighted by molar-refractivity contribution is -0.212. The molecule has 8 aliphatic carbocycles. The smallest absolute Gasteiger partial charge is 0.0292 e. The van der Waals surface area contributed by atoms with Gasteiger partial charge in [-0.15, -0.1) is 25.7 Å². The Bertz CT molecular complexity index is 1450. The van der Waals surface area contributed by atoms with Crippen molar-refractivity contribution in [1.29, 1.82) is 0 Å². The third-order valence-electron chi connectivity index (χ3n) is 13.1. The fourth-order valence-corrected chi connectivity index (χ4v) is 12.8. The van der Waals surface area contributed by atoms with E-state index in [0.29, 0.717) is 10.8 Å². The minimum atomic E-state index is 0.202. The van der Waals surface area contributed by atoms with Gasteiger partial charge in [-0.25, -0.2) is 0 Å². The van der Waals surface area contributed by atoms with Gasteiger partial charge in [0.05, 0.1) is 0 Å². The Hall–Kier alpha value is -3.32. The van der Waals surface area contributed by atoms with Gasteiger partial charge in [0.25, 0.3) is 0 Å². The number of hydrogen-bond acceptors (Lipinski definition) is 0. The lowest BCUT2D eigenvalue weighted by Gasteiger charge is -2.74. The van der Waals surface area contributed by atoms with Gasteiger partial charge in [0.15, 0.2) is 0 Å². The van der Waals surface area contributed by atoms with Crippen LogP contribution in [0.5, 0.6) is 0 Å². The predicted octanol–water partition coefficient (Wildman–Crippen LogP) is 7.99. The zero-order valence-corrected chi connectivity index (χ0v) is 23.6. The van der Waals surface area contributed by atoms with Gasteiger partial charge in [0.2, 0.25) is 0 Å². The van der Waals surface area contributed by atoms with E-state index in [1.807, 2.05) is 0 Å². The van der Waals surface area contributed by atoms with E-state index < -0.39 is 0 Å². The highest BCUT2D eigenvalue weighted by Gasteiger charge is 2.70. The summed E-state index contributed by atoms with van der Waals surface area (Å²) in [6.45, 7) is 0. The summed E-state index contributed by atoms with van der Waals surface area (Å²) in [5, 5.41) is 0. The highest BCUT2D eigenvalue weighted by molar-refractivity contribution is 5.53. The van der Waals surface area contributed by atoms with Gasteiger partial charge in [0, 0.05) is 22.3 Å². The number of rotatable bonds is 3. The number of terminal acetylenes is 4. The van der Waals surface area contributed by atoms with Crippen molar-refractivity contribution in [3.05, 3.63) is 69.8 Å². The lowest BCUT2D eigenvalue weighted by atomic mass is 9.30. The molecule has 8 saturated carbocycles. The van der Waals surface area contributed by atoms with E-state index >= 15 is 0 Å². The van der Waals surface area contributed by atoms with Crippen molar-refractivity contribution in [1.82, 2.24) is 0 Å². The second-order valence-corrected chi connectivity index (χ2v) is 15.1. The van der Waals surface area contributed by atoms with Gasteiger partial charge in [0.1, 0.15) is 0 Å². The van der Waals surface area contributed by atoms with Crippen molar-refractivity contribution < 1.29 is 0 Å². The third-order valence-corrected chi connectivity index (χ3v) is 13.1. The Labute approximate surface area is 241 Å². The maximum atomic E-state index is 6.16. The van der Waals surface area contributed by atoms with Crippen LogP contribution in [0.15, 0.2) is 36.4 Å². The van der Waals surface area contributed by atoms with Gasteiger partial charge >= 0.3 is 0 Å². The summed E-state index contributed by atoms with van der Waals surface area (Å²) in [5.74, 6) is 15.0.